The molecule has 12 nitrogen and oxygen atoms in total. The van der Waals surface area contributed by atoms with Gasteiger partial charge >= 0.3 is 15.0 Å². The van der Waals surface area contributed by atoms with Gasteiger partial charge in [0.2, 0.25) is 5.91 Å². The Labute approximate surface area is 260 Å². The van der Waals surface area contributed by atoms with Gasteiger partial charge in [-0.25, -0.2) is 13.4 Å². The van der Waals surface area contributed by atoms with Gasteiger partial charge in [0.05, 0.1) is 24.0 Å². The van der Waals surface area contributed by atoms with E-state index in [9.17, 15) is 28.0 Å². The van der Waals surface area contributed by atoms with Crippen molar-refractivity contribution in [3.63, 3.8) is 0 Å². The van der Waals surface area contributed by atoms with Crippen molar-refractivity contribution in [3.05, 3.63) is 64.6 Å². The molecule has 234 valence electrons. The molecule has 0 bridgehead atoms. The Bertz CT molecular complexity index is 1610. The van der Waals surface area contributed by atoms with Crippen molar-refractivity contribution < 1.29 is 27.5 Å². The first-order chi connectivity index (χ1) is 21.1. The van der Waals surface area contributed by atoms with Crippen molar-refractivity contribution in [1.82, 2.24) is 24.9 Å². The summed E-state index contributed by atoms with van der Waals surface area (Å²) in [4.78, 5) is 49.6. The molecule has 1 aliphatic carbocycles. The molecule has 3 aromatic heterocycles. The smallest absolute Gasteiger partial charge is 0.323 e. The highest BCUT2D eigenvalue weighted by molar-refractivity contribution is 7.89. The lowest BCUT2D eigenvalue weighted by atomic mass is 9.84. The fraction of sp³-hybridized carbons (Fsp3) is 0.467. The maximum Gasteiger partial charge on any atom is 0.323 e. The van der Waals surface area contributed by atoms with E-state index in [2.05, 4.69) is 20.6 Å². The van der Waals surface area contributed by atoms with Crippen molar-refractivity contribution in [2.45, 2.75) is 75.4 Å². The number of thiazole rings is 1. The van der Waals surface area contributed by atoms with Crippen molar-refractivity contribution in [3.8, 4) is 10.7 Å². The van der Waals surface area contributed by atoms with Gasteiger partial charge in [0.15, 0.2) is 12.0 Å². The summed E-state index contributed by atoms with van der Waals surface area (Å²) in [7, 11) is -4.22. The number of sulfonamides is 1. The average molecular weight is 641 g/mol. The van der Waals surface area contributed by atoms with E-state index in [1.54, 1.807) is 19.2 Å². The van der Waals surface area contributed by atoms with E-state index in [0.29, 0.717) is 34.1 Å². The van der Waals surface area contributed by atoms with Crippen molar-refractivity contribution in [2.24, 2.45) is 5.92 Å². The molecule has 0 aromatic carbocycles. The predicted molar refractivity (Wildman–Crippen MR) is 163 cm³/mol. The highest BCUT2D eigenvalue weighted by Gasteiger charge is 2.37. The molecule has 4 heterocycles. The first kappa shape index (κ1) is 31.7. The van der Waals surface area contributed by atoms with E-state index in [1.165, 1.54) is 29.5 Å². The van der Waals surface area contributed by atoms with Crippen LogP contribution in [0.3, 0.4) is 0 Å². The standard InChI is InChI=1S/C30H36N6O6S2/c1-20-27(43-30(32-20)23-12-5-7-15-31-23)29(39)34-24(18-21-10-3-2-4-11-21)28(38)33-22-13-9-16-35(19-25(22)37)44(41,42)26-14-6-8-17-36(26)40/h5-8,12,14-15,17,21-22,24H,2-4,9-11,13,16,18-19H2,1H3,(H,33,38)(H,34,39)/t22-,24+/m1/s1. The van der Waals surface area contributed by atoms with Crippen molar-refractivity contribution >= 4 is 39.0 Å². The Morgan fingerprint density at radius 2 is 1.89 bits per heavy atom. The minimum Gasteiger partial charge on any atom is -0.618 e. The predicted octanol–water partition coefficient (Wildman–Crippen LogP) is 2.75. The summed E-state index contributed by atoms with van der Waals surface area (Å²) in [5.41, 5.74) is 1.18. The molecular weight excluding hydrogens is 605 g/mol. The lowest BCUT2D eigenvalue weighted by molar-refractivity contribution is -0.646. The van der Waals surface area contributed by atoms with Crippen LogP contribution in [0.15, 0.2) is 53.8 Å². The molecule has 14 heteroatoms. The van der Waals surface area contributed by atoms with Gasteiger partial charge in [-0.2, -0.15) is 9.04 Å². The third-order valence-corrected chi connectivity index (χ3v) is 11.1. The van der Waals surface area contributed by atoms with Crippen LogP contribution >= 0.6 is 11.3 Å². The molecule has 2 amide bonds. The minimum absolute atomic E-state index is 0.0286. The second-order valence-electron chi connectivity index (χ2n) is 11.3. The Morgan fingerprint density at radius 1 is 1.11 bits per heavy atom. The number of rotatable bonds is 9. The molecule has 0 radical (unpaired) electrons. The number of ketones is 1. The summed E-state index contributed by atoms with van der Waals surface area (Å²) < 4.78 is 27.5. The summed E-state index contributed by atoms with van der Waals surface area (Å²) in [6, 6.07) is 7.70. The average Bonchev–Trinajstić information content (AvgIpc) is 3.32. The highest BCUT2D eigenvalue weighted by Crippen LogP contribution is 2.29. The molecule has 2 atom stereocenters. The second kappa shape index (κ2) is 13.9. The molecule has 44 heavy (non-hydrogen) atoms. The molecule has 5 rings (SSSR count). The van der Waals surface area contributed by atoms with Crippen LogP contribution in [0.1, 0.15) is 66.7 Å². The van der Waals surface area contributed by atoms with Gasteiger partial charge < -0.3 is 15.8 Å². The van der Waals surface area contributed by atoms with Gasteiger partial charge in [0.25, 0.3) is 5.91 Å². The van der Waals surface area contributed by atoms with Crippen LogP contribution in [0.25, 0.3) is 10.7 Å². The van der Waals surface area contributed by atoms with Crippen LogP contribution < -0.4 is 15.4 Å². The number of aryl methyl sites for hydroxylation is 1. The fourth-order valence-electron chi connectivity index (χ4n) is 5.79. The lowest BCUT2D eigenvalue weighted by Crippen LogP contribution is -2.53. The second-order valence-corrected chi connectivity index (χ2v) is 14.2. The quantitative estimate of drug-likeness (QED) is 0.266. The molecule has 1 aliphatic heterocycles. The van der Waals surface area contributed by atoms with Crippen molar-refractivity contribution in [1.29, 1.82) is 0 Å². The largest absolute Gasteiger partial charge is 0.618 e. The zero-order valence-corrected chi connectivity index (χ0v) is 26.1. The number of Topliss-reactive ketones (excluding diaryl/α,β-unsaturated/α-hetero) is 1. The van der Waals surface area contributed by atoms with Gasteiger partial charge in [0.1, 0.15) is 15.9 Å². The summed E-state index contributed by atoms with van der Waals surface area (Å²) in [6.45, 7) is 1.29. The van der Waals surface area contributed by atoms with Gasteiger partial charge in [-0.1, -0.05) is 38.2 Å². The fourth-order valence-corrected chi connectivity index (χ4v) is 8.20. The first-order valence-electron chi connectivity index (χ1n) is 14.8. The van der Waals surface area contributed by atoms with E-state index in [4.69, 9.17) is 0 Å². The first-order valence-corrected chi connectivity index (χ1v) is 17.1. The Kier molecular flexibility index (Phi) is 10.0. The minimum atomic E-state index is -4.22. The topological polar surface area (TPSA) is 165 Å². The Hall–Kier alpha value is -3.75. The zero-order valence-electron chi connectivity index (χ0n) is 24.5. The molecule has 1 saturated carbocycles. The van der Waals surface area contributed by atoms with Crippen molar-refractivity contribution in [2.75, 3.05) is 13.1 Å². The molecule has 2 N–H and O–H groups in total. The Balaban J connectivity index is 1.30. The summed E-state index contributed by atoms with van der Waals surface area (Å²) >= 11 is 1.20. The molecule has 3 aromatic rings. The number of nitrogens with one attached hydrogen (secondary N) is 2. The molecule has 1 saturated heterocycles. The maximum absolute atomic E-state index is 13.7. The van der Waals surface area contributed by atoms with E-state index in [0.717, 1.165) is 42.6 Å². The van der Waals surface area contributed by atoms with E-state index >= 15 is 0 Å². The van der Waals surface area contributed by atoms with Crippen LogP contribution in [0.2, 0.25) is 0 Å². The maximum atomic E-state index is 13.7. The Morgan fingerprint density at radius 3 is 2.61 bits per heavy atom. The number of amides is 2. The number of hydrogen-bond donors (Lipinski definition) is 2. The number of aromatic nitrogens is 3. The third kappa shape index (κ3) is 7.30. The summed E-state index contributed by atoms with van der Waals surface area (Å²) in [6.07, 6.45) is 8.88. The SMILES string of the molecule is Cc1nc(-c2ccccn2)sc1C(=O)N[C@@H](CC1CCCCC1)C(=O)N[C@@H]1CCCN(S(=O)(=O)c2cccc[n+]2[O-])CC1=O. The molecule has 2 fully saturated rings. The van der Waals surface area contributed by atoms with Crippen LogP contribution in [0.5, 0.6) is 0 Å². The van der Waals surface area contributed by atoms with Crippen LogP contribution in [-0.2, 0) is 19.6 Å². The summed E-state index contributed by atoms with van der Waals surface area (Å²) in [5.74, 6) is -1.13. The molecular formula is C30H36N6O6S2. The molecule has 0 spiro atoms. The van der Waals surface area contributed by atoms with E-state index in [-0.39, 0.29) is 23.6 Å². The van der Waals surface area contributed by atoms with E-state index in [1.807, 2.05) is 12.1 Å². The number of carbonyl (C=O) groups is 3. The lowest BCUT2D eigenvalue weighted by Gasteiger charge is -2.27. The van der Waals surface area contributed by atoms with Gasteiger partial charge in [-0.05, 0) is 50.3 Å². The summed E-state index contributed by atoms with van der Waals surface area (Å²) in [5, 5.41) is 18.0. The van der Waals surface area contributed by atoms with Gasteiger partial charge in [0, 0.05) is 24.9 Å². The number of nitrogens with zero attached hydrogens (tertiary/aromatic N) is 4. The monoisotopic (exact) mass is 640 g/mol. The number of carbonyl (C=O) groups excluding carboxylic acids is 3. The third-order valence-electron chi connectivity index (χ3n) is 8.13. The molecule has 2 aliphatic rings. The zero-order chi connectivity index (χ0) is 31.3. The number of hydrogen-bond acceptors (Lipinski definition) is 9. The van der Waals surface area contributed by atoms with Gasteiger partial charge in [-0.3, -0.25) is 19.4 Å². The van der Waals surface area contributed by atoms with Crippen LogP contribution in [0.4, 0.5) is 0 Å². The highest BCUT2D eigenvalue weighted by atomic mass is 32.2. The van der Waals surface area contributed by atoms with Gasteiger partial charge in [-0.15, -0.1) is 11.3 Å². The van der Waals surface area contributed by atoms with Crippen LogP contribution in [0, 0.1) is 18.0 Å². The normalized spacial score (nSPS) is 19.2. The van der Waals surface area contributed by atoms with Crippen LogP contribution in [-0.4, -0.2) is 65.5 Å². The molecule has 0 unspecified atom stereocenters. The van der Waals surface area contributed by atoms with E-state index < -0.39 is 51.3 Å². The number of pyridine rings is 2.